The highest BCUT2D eigenvalue weighted by atomic mass is 16.3. The van der Waals surface area contributed by atoms with E-state index in [9.17, 15) is 15.0 Å². The average Bonchev–Trinajstić information content (AvgIpc) is 3.40. The standard InChI is InChI=1S/C69H127NO3/c1-3-5-7-9-11-13-15-17-19-21-23-25-27-29-31-33-35-37-39-41-43-45-47-49-51-53-55-57-59-61-63-65-69(73)70-67(66-71)68(72)64-62-60-58-56-54-52-50-48-46-44-42-40-38-36-34-32-30-28-26-24-22-20-18-16-14-12-10-8-6-4-2/h5,7,11,13,17,19,23,25,29,31,35,37,67-68,71-72H,3-4,6,8-10,12,14-16,18,20-22,24,26-28,30,32-34,36,38-66H2,1-2H3,(H,70,73)/b7-5-,13-11-,19-17-,25-23-,31-29-,37-35-. The highest BCUT2D eigenvalue weighted by Crippen LogP contribution is 2.18. The summed E-state index contributed by atoms with van der Waals surface area (Å²) >= 11 is 0. The Hall–Kier alpha value is -2.17. The first-order chi connectivity index (χ1) is 36.2. The van der Waals surface area contributed by atoms with Crippen LogP contribution in [0.4, 0.5) is 0 Å². The zero-order valence-electron chi connectivity index (χ0n) is 49.2. The molecule has 426 valence electrons. The Labute approximate surface area is 457 Å². The maximum absolute atomic E-state index is 12.5. The molecule has 0 aromatic carbocycles. The molecule has 2 unspecified atom stereocenters. The van der Waals surface area contributed by atoms with E-state index in [-0.39, 0.29) is 12.5 Å². The van der Waals surface area contributed by atoms with Crippen LogP contribution in [0.15, 0.2) is 72.9 Å². The minimum Gasteiger partial charge on any atom is -0.394 e. The number of carbonyl (C=O) groups excluding carboxylic acids is 1. The third-order valence-corrected chi connectivity index (χ3v) is 15.0. The van der Waals surface area contributed by atoms with Crippen molar-refractivity contribution in [3.05, 3.63) is 72.9 Å². The Balaban J connectivity index is 3.45. The summed E-state index contributed by atoms with van der Waals surface area (Å²) in [7, 11) is 0. The number of hydrogen-bond acceptors (Lipinski definition) is 3. The second-order valence-corrected chi connectivity index (χ2v) is 22.2. The van der Waals surface area contributed by atoms with E-state index in [2.05, 4.69) is 92.1 Å². The van der Waals surface area contributed by atoms with Crippen molar-refractivity contribution < 1.29 is 15.0 Å². The molecule has 4 heteroatoms. The molecular formula is C69H127NO3. The van der Waals surface area contributed by atoms with Gasteiger partial charge in [-0.05, 0) is 64.2 Å². The van der Waals surface area contributed by atoms with Crippen LogP contribution >= 0.6 is 0 Å². The van der Waals surface area contributed by atoms with Gasteiger partial charge < -0.3 is 15.5 Å². The van der Waals surface area contributed by atoms with Crippen LogP contribution in [0, 0.1) is 0 Å². The van der Waals surface area contributed by atoms with E-state index in [1.807, 2.05) is 0 Å². The third-order valence-electron chi connectivity index (χ3n) is 15.0. The molecule has 0 aliphatic carbocycles. The van der Waals surface area contributed by atoms with Crippen LogP contribution in [0.3, 0.4) is 0 Å². The number of amides is 1. The van der Waals surface area contributed by atoms with E-state index in [4.69, 9.17) is 0 Å². The topological polar surface area (TPSA) is 69.6 Å². The van der Waals surface area contributed by atoms with Gasteiger partial charge in [0.05, 0.1) is 18.8 Å². The van der Waals surface area contributed by atoms with Gasteiger partial charge in [-0.2, -0.15) is 0 Å². The zero-order valence-corrected chi connectivity index (χ0v) is 49.2. The second-order valence-electron chi connectivity index (χ2n) is 22.2. The fourth-order valence-corrected chi connectivity index (χ4v) is 10.1. The summed E-state index contributed by atoms with van der Waals surface area (Å²) < 4.78 is 0. The first kappa shape index (κ1) is 70.8. The van der Waals surface area contributed by atoms with E-state index in [1.54, 1.807) is 0 Å². The number of carbonyl (C=O) groups is 1. The lowest BCUT2D eigenvalue weighted by molar-refractivity contribution is -0.123. The summed E-state index contributed by atoms with van der Waals surface area (Å²) in [5, 5.41) is 23.4. The summed E-state index contributed by atoms with van der Waals surface area (Å²) in [4.78, 5) is 12.5. The summed E-state index contributed by atoms with van der Waals surface area (Å²) in [6.07, 6.45) is 92.1. The number of allylic oxidation sites excluding steroid dienone is 12. The number of aliphatic hydroxyl groups excluding tert-OH is 2. The maximum atomic E-state index is 12.5. The van der Waals surface area contributed by atoms with Gasteiger partial charge in [-0.1, -0.05) is 344 Å². The molecule has 0 radical (unpaired) electrons. The Kier molecular flexibility index (Phi) is 62.2. The number of rotatable bonds is 60. The van der Waals surface area contributed by atoms with Gasteiger partial charge in [-0.3, -0.25) is 4.79 Å². The Bertz CT molecular complexity index is 1250. The van der Waals surface area contributed by atoms with Crippen molar-refractivity contribution in [2.24, 2.45) is 0 Å². The van der Waals surface area contributed by atoms with Crippen molar-refractivity contribution in [3.63, 3.8) is 0 Å². The third kappa shape index (κ3) is 60.6. The highest BCUT2D eigenvalue weighted by Gasteiger charge is 2.20. The largest absolute Gasteiger partial charge is 0.394 e. The number of hydrogen-bond donors (Lipinski definition) is 3. The molecule has 0 aliphatic rings. The van der Waals surface area contributed by atoms with E-state index in [1.165, 1.54) is 250 Å². The first-order valence-corrected chi connectivity index (χ1v) is 32.6. The molecule has 4 nitrogen and oxygen atoms in total. The summed E-state index contributed by atoms with van der Waals surface area (Å²) in [5.74, 6) is -0.0313. The monoisotopic (exact) mass is 1020 g/mol. The van der Waals surface area contributed by atoms with Crippen molar-refractivity contribution in [1.82, 2.24) is 5.32 Å². The molecular weight excluding hydrogens is 891 g/mol. The van der Waals surface area contributed by atoms with Crippen LogP contribution in [-0.4, -0.2) is 34.9 Å². The van der Waals surface area contributed by atoms with Crippen molar-refractivity contribution in [2.45, 2.75) is 353 Å². The Morgan fingerprint density at radius 3 is 0.904 bits per heavy atom. The lowest BCUT2D eigenvalue weighted by atomic mass is 10.0. The molecule has 0 fully saturated rings. The highest BCUT2D eigenvalue weighted by molar-refractivity contribution is 5.76. The van der Waals surface area contributed by atoms with Gasteiger partial charge >= 0.3 is 0 Å². The predicted molar refractivity (Wildman–Crippen MR) is 327 cm³/mol. The minimum atomic E-state index is -0.666. The second kappa shape index (κ2) is 64.1. The molecule has 0 saturated heterocycles. The molecule has 0 bridgehead atoms. The van der Waals surface area contributed by atoms with Crippen LogP contribution < -0.4 is 5.32 Å². The van der Waals surface area contributed by atoms with Crippen LogP contribution in [0.5, 0.6) is 0 Å². The van der Waals surface area contributed by atoms with Crippen LogP contribution in [0.25, 0.3) is 0 Å². The van der Waals surface area contributed by atoms with Crippen LogP contribution in [-0.2, 0) is 4.79 Å². The van der Waals surface area contributed by atoms with E-state index in [0.29, 0.717) is 12.8 Å². The Morgan fingerprint density at radius 2 is 0.603 bits per heavy atom. The van der Waals surface area contributed by atoms with Gasteiger partial charge in [0.15, 0.2) is 0 Å². The molecule has 0 rings (SSSR count). The van der Waals surface area contributed by atoms with Gasteiger partial charge in [0.25, 0.3) is 0 Å². The van der Waals surface area contributed by atoms with Gasteiger partial charge in [0.2, 0.25) is 5.91 Å². The average molecular weight is 1020 g/mol. The molecule has 0 spiro atoms. The fraction of sp³-hybridized carbons (Fsp3) is 0.812. The molecule has 0 saturated carbocycles. The fourth-order valence-electron chi connectivity index (χ4n) is 10.1. The summed E-state index contributed by atoms with van der Waals surface area (Å²) in [6.45, 7) is 4.27. The smallest absolute Gasteiger partial charge is 0.220 e. The quantitative estimate of drug-likeness (QED) is 0.0420. The van der Waals surface area contributed by atoms with Crippen molar-refractivity contribution in [1.29, 1.82) is 0 Å². The van der Waals surface area contributed by atoms with Crippen molar-refractivity contribution >= 4 is 5.91 Å². The molecule has 1 amide bonds. The maximum Gasteiger partial charge on any atom is 0.220 e. The molecule has 0 heterocycles. The van der Waals surface area contributed by atoms with Crippen molar-refractivity contribution in [2.75, 3.05) is 6.61 Å². The zero-order chi connectivity index (χ0) is 52.7. The van der Waals surface area contributed by atoms with Gasteiger partial charge in [0, 0.05) is 6.42 Å². The van der Waals surface area contributed by atoms with Gasteiger partial charge in [-0.25, -0.2) is 0 Å². The molecule has 0 aromatic heterocycles. The number of nitrogens with one attached hydrogen (secondary N) is 1. The number of aliphatic hydroxyl groups is 2. The van der Waals surface area contributed by atoms with Gasteiger partial charge in [-0.15, -0.1) is 0 Å². The molecule has 0 aromatic rings. The lowest BCUT2D eigenvalue weighted by Crippen LogP contribution is -2.45. The lowest BCUT2D eigenvalue weighted by Gasteiger charge is -2.22. The summed E-state index contributed by atoms with van der Waals surface area (Å²) in [5.41, 5.74) is 0. The van der Waals surface area contributed by atoms with E-state index < -0.39 is 12.1 Å². The SMILES string of the molecule is CC/C=C\C/C=C\C/C=C\C/C=C\C/C=C\C/C=C\CCCCCCCCCCCCCCC(=O)NC(CO)C(O)CCCCCCCCCCCCCCCCCCCCCCCCCCCCCCCC. The minimum absolute atomic E-state index is 0.0313. The molecule has 2 atom stereocenters. The predicted octanol–water partition coefficient (Wildman–Crippen LogP) is 22.1. The first-order valence-electron chi connectivity index (χ1n) is 32.6. The summed E-state index contributed by atoms with van der Waals surface area (Å²) in [6, 6.07) is -0.543. The van der Waals surface area contributed by atoms with Gasteiger partial charge in [0.1, 0.15) is 0 Å². The molecule has 73 heavy (non-hydrogen) atoms. The van der Waals surface area contributed by atoms with Crippen LogP contribution in [0.1, 0.15) is 341 Å². The normalized spacial score (nSPS) is 13.2. The van der Waals surface area contributed by atoms with Crippen molar-refractivity contribution in [3.8, 4) is 0 Å². The molecule has 0 aliphatic heterocycles. The molecule has 3 N–H and O–H groups in total. The van der Waals surface area contributed by atoms with E-state index in [0.717, 1.165) is 64.2 Å². The van der Waals surface area contributed by atoms with Crippen LogP contribution in [0.2, 0.25) is 0 Å². The van der Waals surface area contributed by atoms with E-state index >= 15 is 0 Å². The number of unbranched alkanes of at least 4 members (excludes halogenated alkanes) is 41. The Morgan fingerprint density at radius 1 is 0.342 bits per heavy atom.